The van der Waals surface area contributed by atoms with Gasteiger partial charge in [0.25, 0.3) is 0 Å². The molecule has 0 radical (unpaired) electrons. The average Bonchev–Trinajstić information content (AvgIpc) is 2.78. The van der Waals surface area contributed by atoms with E-state index in [1.807, 2.05) is 0 Å². The van der Waals surface area contributed by atoms with E-state index in [0.717, 1.165) is 25.3 Å². The molecule has 0 saturated carbocycles. The molecule has 1 N–H and O–H groups in total. The SMILES string of the molecule is CN1CCC(Cc2noc(CCO)n2)C1. The van der Waals surface area contributed by atoms with Crippen LogP contribution in [0.3, 0.4) is 0 Å². The van der Waals surface area contributed by atoms with Crippen molar-refractivity contribution in [2.75, 3.05) is 26.7 Å². The largest absolute Gasteiger partial charge is 0.396 e. The van der Waals surface area contributed by atoms with Crippen molar-refractivity contribution in [3.63, 3.8) is 0 Å². The fourth-order valence-corrected chi connectivity index (χ4v) is 2.02. The number of nitrogens with zero attached hydrogens (tertiary/aromatic N) is 3. The zero-order valence-electron chi connectivity index (χ0n) is 9.02. The molecule has 0 amide bonds. The van der Waals surface area contributed by atoms with Gasteiger partial charge in [-0.15, -0.1) is 0 Å². The summed E-state index contributed by atoms with van der Waals surface area (Å²) in [7, 11) is 2.13. The standard InChI is InChI=1S/C10H17N3O2/c1-13-4-2-8(7-13)6-9-11-10(3-5-14)15-12-9/h8,14H,2-7H2,1H3. The smallest absolute Gasteiger partial charge is 0.228 e. The first-order valence-corrected chi connectivity index (χ1v) is 5.39. The Hall–Kier alpha value is -0.940. The van der Waals surface area contributed by atoms with Gasteiger partial charge in [-0.2, -0.15) is 4.98 Å². The maximum absolute atomic E-state index is 8.71. The molecule has 1 saturated heterocycles. The third kappa shape index (κ3) is 2.76. The Morgan fingerprint density at radius 3 is 3.13 bits per heavy atom. The first kappa shape index (κ1) is 10.6. The monoisotopic (exact) mass is 211 g/mol. The number of likely N-dealkylation sites (tertiary alicyclic amines) is 1. The summed E-state index contributed by atoms with van der Waals surface area (Å²) in [6.45, 7) is 2.34. The molecule has 1 atom stereocenters. The zero-order chi connectivity index (χ0) is 10.7. The minimum Gasteiger partial charge on any atom is -0.396 e. The van der Waals surface area contributed by atoms with Crippen LogP contribution in [0.2, 0.25) is 0 Å². The molecule has 0 bridgehead atoms. The molecule has 1 aromatic heterocycles. The summed E-state index contributed by atoms with van der Waals surface area (Å²) >= 11 is 0. The molecule has 2 rings (SSSR count). The lowest BCUT2D eigenvalue weighted by molar-refractivity contribution is 0.273. The Morgan fingerprint density at radius 2 is 2.47 bits per heavy atom. The van der Waals surface area contributed by atoms with Crippen LogP contribution in [0.1, 0.15) is 18.1 Å². The van der Waals surface area contributed by atoms with Gasteiger partial charge < -0.3 is 14.5 Å². The molecule has 0 aliphatic carbocycles. The van der Waals surface area contributed by atoms with Crippen molar-refractivity contribution >= 4 is 0 Å². The summed E-state index contributed by atoms with van der Waals surface area (Å²) in [6.07, 6.45) is 2.55. The van der Waals surface area contributed by atoms with Crippen molar-refractivity contribution in [2.45, 2.75) is 19.3 Å². The maximum atomic E-state index is 8.71. The molecule has 0 aromatic carbocycles. The Bertz CT molecular complexity index is 313. The van der Waals surface area contributed by atoms with Crippen molar-refractivity contribution in [1.29, 1.82) is 0 Å². The predicted octanol–water partition coefficient (Wildman–Crippen LogP) is 0.0986. The minimum atomic E-state index is 0.0633. The van der Waals surface area contributed by atoms with Crippen LogP contribution in [0, 0.1) is 5.92 Å². The summed E-state index contributed by atoms with van der Waals surface area (Å²) in [4.78, 5) is 6.55. The van der Waals surface area contributed by atoms with Gasteiger partial charge in [0, 0.05) is 13.0 Å². The van der Waals surface area contributed by atoms with E-state index in [1.54, 1.807) is 0 Å². The van der Waals surface area contributed by atoms with Gasteiger partial charge in [-0.05, 0) is 25.9 Å². The molecule has 84 valence electrons. The third-order valence-electron chi connectivity index (χ3n) is 2.80. The highest BCUT2D eigenvalue weighted by Gasteiger charge is 2.21. The van der Waals surface area contributed by atoms with E-state index < -0.39 is 0 Å². The third-order valence-corrected chi connectivity index (χ3v) is 2.80. The molecule has 5 heteroatoms. The topological polar surface area (TPSA) is 62.4 Å². The van der Waals surface area contributed by atoms with Gasteiger partial charge in [0.2, 0.25) is 5.89 Å². The van der Waals surface area contributed by atoms with Crippen LogP contribution in [0.25, 0.3) is 0 Å². The van der Waals surface area contributed by atoms with Gasteiger partial charge >= 0.3 is 0 Å². The molecule has 5 nitrogen and oxygen atoms in total. The van der Waals surface area contributed by atoms with Gasteiger partial charge in [0.15, 0.2) is 5.82 Å². The van der Waals surface area contributed by atoms with Crippen molar-refractivity contribution in [3.05, 3.63) is 11.7 Å². The summed E-state index contributed by atoms with van der Waals surface area (Å²) in [5, 5.41) is 12.6. The minimum absolute atomic E-state index is 0.0633. The van der Waals surface area contributed by atoms with E-state index in [4.69, 9.17) is 9.63 Å². The maximum Gasteiger partial charge on any atom is 0.228 e. The average molecular weight is 211 g/mol. The van der Waals surface area contributed by atoms with Crippen molar-refractivity contribution in [1.82, 2.24) is 15.0 Å². The predicted molar refractivity (Wildman–Crippen MR) is 54.4 cm³/mol. The van der Waals surface area contributed by atoms with Gasteiger partial charge in [0.05, 0.1) is 13.0 Å². The number of aliphatic hydroxyl groups excluding tert-OH is 1. The summed E-state index contributed by atoms with van der Waals surface area (Å²) in [5.41, 5.74) is 0. The van der Waals surface area contributed by atoms with Gasteiger partial charge in [-0.1, -0.05) is 5.16 Å². The molecular formula is C10H17N3O2. The van der Waals surface area contributed by atoms with Crippen LogP contribution in [-0.2, 0) is 12.8 Å². The van der Waals surface area contributed by atoms with Crippen molar-refractivity contribution in [2.24, 2.45) is 5.92 Å². The number of rotatable bonds is 4. The Kier molecular flexibility index (Phi) is 3.33. The van der Waals surface area contributed by atoms with E-state index in [2.05, 4.69) is 22.1 Å². The first-order valence-electron chi connectivity index (χ1n) is 5.39. The highest BCUT2D eigenvalue weighted by Crippen LogP contribution is 2.18. The summed E-state index contributed by atoms with van der Waals surface area (Å²) in [6, 6.07) is 0. The Balaban J connectivity index is 1.87. The van der Waals surface area contributed by atoms with Gasteiger partial charge in [0.1, 0.15) is 0 Å². The Labute approximate surface area is 89.1 Å². The highest BCUT2D eigenvalue weighted by molar-refractivity contribution is 4.90. The lowest BCUT2D eigenvalue weighted by atomic mass is 10.1. The molecule has 1 aromatic rings. The molecule has 1 aliphatic rings. The fraction of sp³-hybridized carbons (Fsp3) is 0.800. The van der Waals surface area contributed by atoms with Crippen LogP contribution in [0.5, 0.6) is 0 Å². The Morgan fingerprint density at radius 1 is 1.60 bits per heavy atom. The highest BCUT2D eigenvalue weighted by atomic mass is 16.5. The van der Waals surface area contributed by atoms with Crippen molar-refractivity contribution < 1.29 is 9.63 Å². The van der Waals surface area contributed by atoms with E-state index in [0.29, 0.717) is 18.2 Å². The van der Waals surface area contributed by atoms with E-state index >= 15 is 0 Å². The van der Waals surface area contributed by atoms with Crippen LogP contribution < -0.4 is 0 Å². The first-order chi connectivity index (χ1) is 7.28. The van der Waals surface area contributed by atoms with Crippen LogP contribution in [0.15, 0.2) is 4.52 Å². The second kappa shape index (κ2) is 4.72. The van der Waals surface area contributed by atoms with Crippen LogP contribution in [0.4, 0.5) is 0 Å². The summed E-state index contributed by atoms with van der Waals surface area (Å²) < 4.78 is 5.01. The quantitative estimate of drug-likeness (QED) is 0.765. The lowest BCUT2D eigenvalue weighted by Crippen LogP contribution is -2.15. The second-order valence-electron chi connectivity index (χ2n) is 4.20. The summed E-state index contributed by atoms with van der Waals surface area (Å²) in [5.74, 6) is 1.96. The van der Waals surface area contributed by atoms with Gasteiger partial charge in [-0.25, -0.2) is 0 Å². The fourth-order valence-electron chi connectivity index (χ4n) is 2.02. The van der Waals surface area contributed by atoms with Crippen molar-refractivity contribution in [3.8, 4) is 0 Å². The number of hydrogen-bond acceptors (Lipinski definition) is 5. The normalized spacial score (nSPS) is 22.4. The number of aliphatic hydroxyl groups is 1. The van der Waals surface area contributed by atoms with E-state index in [1.165, 1.54) is 6.42 Å². The molecule has 15 heavy (non-hydrogen) atoms. The molecule has 1 aliphatic heterocycles. The zero-order valence-corrected chi connectivity index (χ0v) is 9.02. The molecule has 0 spiro atoms. The van der Waals surface area contributed by atoms with Gasteiger partial charge in [-0.3, -0.25) is 0 Å². The molecule has 1 fully saturated rings. The number of hydrogen-bond donors (Lipinski definition) is 1. The van der Waals surface area contributed by atoms with E-state index in [-0.39, 0.29) is 6.61 Å². The second-order valence-corrected chi connectivity index (χ2v) is 4.20. The van der Waals surface area contributed by atoms with E-state index in [9.17, 15) is 0 Å². The van der Waals surface area contributed by atoms with Crippen LogP contribution >= 0.6 is 0 Å². The molecular weight excluding hydrogens is 194 g/mol. The molecule has 2 heterocycles. The number of aromatic nitrogens is 2. The van der Waals surface area contributed by atoms with Crippen LogP contribution in [-0.4, -0.2) is 46.9 Å². The lowest BCUT2D eigenvalue weighted by Gasteiger charge is -2.06. The molecule has 1 unspecified atom stereocenters.